The van der Waals surface area contributed by atoms with Gasteiger partial charge in [-0.15, -0.1) is 0 Å². The lowest BCUT2D eigenvalue weighted by atomic mass is 10.0. The maximum atomic E-state index is 11.7. The molecule has 90 valence electrons. The van der Waals surface area contributed by atoms with Gasteiger partial charge < -0.3 is 14.8 Å². The SMILES string of the molecule is CN(C)C(C)(C)CNc1nccn(C)c1=O. The van der Waals surface area contributed by atoms with Crippen molar-refractivity contribution in [3.63, 3.8) is 0 Å². The molecule has 0 saturated heterocycles. The molecule has 0 aliphatic carbocycles. The first-order chi connectivity index (χ1) is 7.34. The van der Waals surface area contributed by atoms with E-state index in [1.165, 1.54) is 4.57 Å². The normalized spacial score (nSPS) is 11.9. The van der Waals surface area contributed by atoms with Crippen molar-refractivity contribution in [1.82, 2.24) is 14.5 Å². The molecular formula is C11H20N4O. The summed E-state index contributed by atoms with van der Waals surface area (Å²) in [6.45, 7) is 4.88. The topological polar surface area (TPSA) is 50.2 Å². The van der Waals surface area contributed by atoms with E-state index in [4.69, 9.17) is 0 Å². The van der Waals surface area contributed by atoms with E-state index in [1.807, 2.05) is 14.1 Å². The maximum absolute atomic E-state index is 11.7. The van der Waals surface area contributed by atoms with Gasteiger partial charge in [-0.25, -0.2) is 4.98 Å². The lowest BCUT2D eigenvalue weighted by Gasteiger charge is -2.32. The zero-order valence-corrected chi connectivity index (χ0v) is 10.6. The van der Waals surface area contributed by atoms with Gasteiger partial charge in [-0.1, -0.05) is 0 Å². The Hall–Kier alpha value is -1.36. The van der Waals surface area contributed by atoms with Crippen LogP contribution in [0.1, 0.15) is 13.8 Å². The van der Waals surface area contributed by atoms with E-state index in [1.54, 1.807) is 19.4 Å². The van der Waals surface area contributed by atoms with Crippen LogP contribution in [0.15, 0.2) is 17.2 Å². The fraction of sp³-hybridized carbons (Fsp3) is 0.636. The van der Waals surface area contributed by atoms with Crippen molar-refractivity contribution in [3.8, 4) is 0 Å². The van der Waals surface area contributed by atoms with Gasteiger partial charge in [0.25, 0.3) is 5.56 Å². The van der Waals surface area contributed by atoms with Crippen LogP contribution in [0.2, 0.25) is 0 Å². The number of nitrogens with one attached hydrogen (secondary N) is 1. The Kier molecular flexibility index (Phi) is 3.70. The predicted octanol–water partition coefficient (Wildman–Crippen LogP) is 0.532. The van der Waals surface area contributed by atoms with Gasteiger partial charge in [0.15, 0.2) is 5.82 Å². The van der Waals surface area contributed by atoms with E-state index >= 15 is 0 Å². The fourth-order valence-electron chi connectivity index (χ4n) is 1.08. The molecule has 1 rings (SSSR count). The highest BCUT2D eigenvalue weighted by Gasteiger charge is 2.20. The average Bonchev–Trinajstić information content (AvgIpc) is 2.20. The number of rotatable bonds is 4. The highest BCUT2D eigenvalue weighted by atomic mass is 16.1. The van der Waals surface area contributed by atoms with Crippen molar-refractivity contribution in [2.24, 2.45) is 7.05 Å². The molecule has 0 aliphatic rings. The molecule has 0 atom stereocenters. The lowest BCUT2D eigenvalue weighted by molar-refractivity contribution is 0.210. The Balaban J connectivity index is 2.76. The van der Waals surface area contributed by atoms with Crippen LogP contribution >= 0.6 is 0 Å². The summed E-state index contributed by atoms with van der Waals surface area (Å²) in [6.07, 6.45) is 3.26. The number of anilines is 1. The Labute approximate surface area is 96.1 Å². The first kappa shape index (κ1) is 12.7. The van der Waals surface area contributed by atoms with E-state index in [-0.39, 0.29) is 11.1 Å². The third kappa shape index (κ3) is 2.82. The highest BCUT2D eigenvalue weighted by Crippen LogP contribution is 2.09. The summed E-state index contributed by atoms with van der Waals surface area (Å²) in [4.78, 5) is 17.8. The third-order valence-corrected chi connectivity index (χ3v) is 2.92. The van der Waals surface area contributed by atoms with Crippen LogP contribution in [0.4, 0.5) is 5.82 Å². The third-order valence-electron chi connectivity index (χ3n) is 2.92. The molecule has 1 heterocycles. The molecule has 5 nitrogen and oxygen atoms in total. The molecule has 0 saturated carbocycles. The Morgan fingerprint density at radius 2 is 2.12 bits per heavy atom. The zero-order chi connectivity index (χ0) is 12.3. The molecule has 16 heavy (non-hydrogen) atoms. The monoisotopic (exact) mass is 224 g/mol. The van der Waals surface area contributed by atoms with Crippen molar-refractivity contribution < 1.29 is 0 Å². The minimum Gasteiger partial charge on any atom is -0.364 e. The first-order valence-electron chi connectivity index (χ1n) is 5.27. The van der Waals surface area contributed by atoms with E-state index in [9.17, 15) is 4.79 Å². The smallest absolute Gasteiger partial charge is 0.293 e. The van der Waals surface area contributed by atoms with Gasteiger partial charge >= 0.3 is 0 Å². The van der Waals surface area contributed by atoms with Crippen LogP contribution in [-0.2, 0) is 7.05 Å². The van der Waals surface area contributed by atoms with Crippen LogP contribution in [0.25, 0.3) is 0 Å². The number of aromatic nitrogens is 2. The van der Waals surface area contributed by atoms with E-state index in [0.717, 1.165) is 0 Å². The quantitative estimate of drug-likeness (QED) is 0.810. The fourth-order valence-corrected chi connectivity index (χ4v) is 1.08. The summed E-state index contributed by atoms with van der Waals surface area (Å²) in [5.74, 6) is 0.403. The van der Waals surface area contributed by atoms with E-state index in [2.05, 4.69) is 29.0 Å². The van der Waals surface area contributed by atoms with Crippen LogP contribution < -0.4 is 10.9 Å². The summed E-state index contributed by atoms with van der Waals surface area (Å²) < 4.78 is 1.51. The predicted molar refractivity (Wildman–Crippen MR) is 65.7 cm³/mol. The molecule has 0 fully saturated rings. The van der Waals surface area contributed by atoms with E-state index in [0.29, 0.717) is 12.4 Å². The number of hydrogen-bond donors (Lipinski definition) is 1. The average molecular weight is 224 g/mol. The van der Waals surface area contributed by atoms with Crippen LogP contribution in [0, 0.1) is 0 Å². The summed E-state index contributed by atoms with van der Waals surface area (Å²) >= 11 is 0. The number of hydrogen-bond acceptors (Lipinski definition) is 4. The lowest BCUT2D eigenvalue weighted by Crippen LogP contribution is -2.44. The minimum atomic E-state index is -0.0999. The van der Waals surface area contributed by atoms with Crippen molar-refractivity contribution in [3.05, 3.63) is 22.7 Å². The van der Waals surface area contributed by atoms with Crippen molar-refractivity contribution in [2.45, 2.75) is 19.4 Å². The summed E-state index contributed by atoms with van der Waals surface area (Å²) in [6, 6.07) is 0. The van der Waals surface area contributed by atoms with Gasteiger partial charge in [0, 0.05) is 31.5 Å². The van der Waals surface area contributed by atoms with Gasteiger partial charge in [0.2, 0.25) is 0 Å². The van der Waals surface area contributed by atoms with Crippen molar-refractivity contribution in [2.75, 3.05) is 26.0 Å². The Bertz CT molecular complexity index is 409. The summed E-state index contributed by atoms with van der Waals surface area (Å²) in [7, 11) is 5.74. The molecule has 0 spiro atoms. The summed E-state index contributed by atoms with van der Waals surface area (Å²) in [5.41, 5.74) is -0.125. The zero-order valence-electron chi connectivity index (χ0n) is 10.6. The number of aryl methyl sites for hydroxylation is 1. The van der Waals surface area contributed by atoms with Crippen LogP contribution in [0.3, 0.4) is 0 Å². The van der Waals surface area contributed by atoms with Gasteiger partial charge in [0.05, 0.1) is 0 Å². The van der Waals surface area contributed by atoms with Crippen LogP contribution in [0.5, 0.6) is 0 Å². The molecule has 1 N–H and O–H groups in total. The highest BCUT2D eigenvalue weighted by molar-refractivity contribution is 5.31. The Morgan fingerprint density at radius 3 is 2.69 bits per heavy atom. The second kappa shape index (κ2) is 4.65. The minimum absolute atomic E-state index is 0.0253. The summed E-state index contributed by atoms with van der Waals surface area (Å²) in [5, 5.41) is 3.09. The Morgan fingerprint density at radius 1 is 1.50 bits per heavy atom. The molecule has 5 heteroatoms. The molecule has 0 aromatic carbocycles. The maximum Gasteiger partial charge on any atom is 0.293 e. The largest absolute Gasteiger partial charge is 0.364 e. The first-order valence-corrected chi connectivity index (χ1v) is 5.27. The number of likely N-dealkylation sites (N-methyl/N-ethyl adjacent to an activating group) is 1. The van der Waals surface area contributed by atoms with Crippen molar-refractivity contribution in [1.29, 1.82) is 0 Å². The molecule has 0 amide bonds. The number of nitrogens with zero attached hydrogens (tertiary/aromatic N) is 3. The molecule has 0 radical (unpaired) electrons. The molecule has 1 aromatic rings. The molecular weight excluding hydrogens is 204 g/mol. The second-order valence-corrected chi connectivity index (χ2v) is 4.75. The second-order valence-electron chi connectivity index (χ2n) is 4.75. The van der Waals surface area contributed by atoms with Gasteiger partial charge in [-0.2, -0.15) is 0 Å². The van der Waals surface area contributed by atoms with Crippen LogP contribution in [-0.4, -0.2) is 40.6 Å². The van der Waals surface area contributed by atoms with Crippen molar-refractivity contribution >= 4 is 5.82 Å². The van der Waals surface area contributed by atoms with E-state index < -0.39 is 0 Å². The van der Waals surface area contributed by atoms with Gasteiger partial charge in [0.1, 0.15) is 0 Å². The molecule has 1 aromatic heterocycles. The van der Waals surface area contributed by atoms with Gasteiger partial charge in [-0.05, 0) is 27.9 Å². The van der Waals surface area contributed by atoms with Gasteiger partial charge in [-0.3, -0.25) is 4.79 Å². The molecule has 0 unspecified atom stereocenters. The standard InChI is InChI=1S/C11H20N4O/c1-11(2,14(3)4)8-13-9-10(16)15(5)7-6-12-9/h6-7H,8H2,1-5H3,(H,12,13). The molecule has 0 bridgehead atoms. The molecule has 0 aliphatic heterocycles.